The normalized spacial score (nSPS) is 12.4. The molecule has 13 heteroatoms. The Morgan fingerprint density at radius 2 is 1.00 bits per heavy atom. The Bertz CT molecular complexity index is 869. The molecule has 0 aliphatic heterocycles. The summed E-state index contributed by atoms with van der Waals surface area (Å²) in [4.78, 5) is 12.1. The first-order valence-corrected chi connectivity index (χ1v) is 16.6. The van der Waals surface area contributed by atoms with Crippen molar-refractivity contribution in [2.75, 3.05) is 106 Å². The molecular weight excluding hydrogens is 584 g/mol. The lowest BCUT2D eigenvalue weighted by Crippen LogP contribution is -2.20. The van der Waals surface area contributed by atoms with Crippen LogP contribution in [0.25, 0.3) is 0 Å². The van der Waals surface area contributed by atoms with E-state index in [1.54, 1.807) is 18.2 Å². The van der Waals surface area contributed by atoms with Crippen LogP contribution >= 0.6 is 0 Å². The summed E-state index contributed by atoms with van der Waals surface area (Å²) in [6.45, 7) is 10.1. The molecule has 0 saturated heterocycles. The van der Waals surface area contributed by atoms with Gasteiger partial charge in [-0.25, -0.2) is 0 Å². The van der Waals surface area contributed by atoms with Crippen LogP contribution in [0.5, 0.6) is 0 Å². The van der Waals surface area contributed by atoms with Crippen LogP contribution < -0.4 is 0 Å². The maximum absolute atomic E-state index is 12.0. The van der Waals surface area contributed by atoms with Gasteiger partial charge in [-0.05, 0) is 25.0 Å². The first kappa shape index (κ1) is 39.3. The van der Waals surface area contributed by atoms with Gasteiger partial charge in [-0.1, -0.05) is 44.9 Å². The molecule has 0 bridgehead atoms. The second-order valence-corrected chi connectivity index (χ2v) is 10.9. The molecule has 0 aliphatic carbocycles. The Hall–Kier alpha value is -1.68. The van der Waals surface area contributed by atoms with E-state index in [9.17, 15) is 13.2 Å². The lowest BCUT2D eigenvalue weighted by atomic mass is 10.00. The highest BCUT2D eigenvalue weighted by Crippen LogP contribution is 2.14. The minimum absolute atomic E-state index is 0.0114. The molecule has 1 aromatic carbocycles. The van der Waals surface area contributed by atoms with Gasteiger partial charge >= 0.3 is 5.97 Å². The Balaban J connectivity index is 1.74. The quantitative estimate of drug-likeness (QED) is 0.0673. The van der Waals surface area contributed by atoms with Gasteiger partial charge in [0.25, 0.3) is 10.1 Å². The number of rotatable bonds is 31. The van der Waals surface area contributed by atoms with E-state index in [0.717, 1.165) is 25.7 Å². The number of carbonyl (C=O) groups is 1. The molecule has 43 heavy (non-hydrogen) atoms. The topological polar surface area (TPSA) is 134 Å². The first-order chi connectivity index (χ1) is 21.0. The number of ether oxygens (including phenoxy) is 8. The molecule has 1 atom stereocenters. The fourth-order valence-corrected chi connectivity index (χ4v) is 4.45. The summed E-state index contributed by atoms with van der Waals surface area (Å²) in [6, 6.07) is 7.97. The van der Waals surface area contributed by atoms with Crippen molar-refractivity contribution in [3.63, 3.8) is 0 Å². The first-order valence-electron chi connectivity index (χ1n) is 15.2. The van der Waals surface area contributed by atoms with E-state index in [2.05, 4.69) is 6.92 Å². The largest absolute Gasteiger partial charge is 0.463 e. The van der Waals surface area contributed by atoms with Crippen LogP contribution in [0.3, 0.4) is 0 Å². The van der Waals surface area contributed by atoms with Gasteiger partial charge in [0.1, 0.15) is 6.61 Å². The van der Waals surface area contributed by atoms with Gasteiger partial charge in [0.15, 0.2) is 0 Å². The van der Waals surface area contributed by atoms with Crippen LogP contribution in [0.4, 0.5) is 0 Å². The number of unbranched alkanes of at least 4 members (excludes halogenated alkanes) is 1. The predicted molar refractivity (Wildman–Crippen MR) is 160 cm³/mol. The lowest BCUT2D eigenvalue weighted by molar-refractivity contribution is -0.150. The van der Waals surface area contributed by atoms with Gasteiger partial charge in [-0.15, -0.1) is 0 Å². The van der Waals surface area contributed by atoms with Crippen LogP contribution in [0.1, 0.15) is 39.5 Å². The summed E-state index contributed by atoms with van der Waals surface area (Å²) < 4.78 is 72.0. The highest BCUT2D eigenvalue weighted by atomic mass is 32.2. The Morgan fingerprint density at radius 3 is 1.40 bits per heavy atom. The van der Waals surface area contributed by atoms with Crippen molar-refractivity contribution >= 4 is 16.1 Å². The van der Waals surface area contributed by atoms with Crippen molar-refractivity contribution in [2.45, 2.75) is 44.4 Å². The molecular formula is C30H52O12S. The van der Waals surface area contributed by atoms with Crippen molar-refractivity contribution in [1.82, 2.24) is 0 Å². The number of esters is 1. The lowest BCUT2D eigenvalue weighted by Gasteiger charge is -2.13. The molecule has 1 unspecified atom stereocenters. The van der Waals surface area contributed by atoms with Crippen LogP contribution in [-0.4, -0.2) is 120 Å². The van der Waals surface area contributed by atoms with Crippen molar-refractivity contribution < 1.29 is 55.3 Å². The van der Waals surface area contributed by atoms with Gasteiger partial charge in [0.05, 0.1) is 110 Å². The van der Waals surface area contributed by atoms with Crippen LogP contribution in [0.15, 0.2) is 35.2 Å². The number of hydrogen-bond donors (Lipinski definition) is 0. The van der Waals surface area contributed by atoms with E-state index in [4.69, 9.17) is 42.1 Å². The maximum Gasteiger partial charge on any atom is 0.308 e. The number of hydrogen-bond acceptors (Lipinski definition) is 12. The summed E-state index contributed by atoms with van der Waals surface area (Å²) in [6.07, 6.45) is 3.80. The molecule has 12 nitrogen and oxygen atoms in total. The Kier molecular flexibility index (Phi) is 25.5. The van der Waals surface area contributed by atoms with E-state index in [1.807, 2.05) is 6.92 Å². The molecule has 0 radical (unpaired) electrons. The average molecular weight is 637 g/mol. The third kappa shape index (κ3) is 22.5. The summed E-state index contributed by atoms with van der Waals surface area (Å²) in [5.74, 6) is -0.141. The highest BCUT2D eigenvalue weighted by molar-refractivity contribution is 7.86. The smallest absolute Gasteiger partial charge is 0.308 e. The summed E-state index contributed by atoms with van der Waals surface area (Å²) in [7, 11) is -3.76. The third-order valence-corrected chi connectivity index (χ3v) is 7.26. The monoisotopic (exact) mass is 636 g/mol. The molecule has 0 fully saturated rings. The van der Waals surface area contributed by atoms with Crippen molar-refractivity contribution in [3.05, 3.63) is 30.3 Å². The van der Waals surface area contributed by atoms with Crippen LogP contribution in [0.2, 0.25) is 0 Å². The SMILES string of the molecule is CCCCC(CC)C(=O)OCCOCCOCCOCCOCCOCCOCCOCCOS(=O)(=O)c1ccccc1. The minimum atomic E-state index is -3.76. The summed E-state index contributed by atoms with van der Waals surface area (Å²) in [5.41, 5.74) is 0. The number of carbonyl (C=O) groups excluding carboxylic acids is 1. The van der Waals surface area contributed by atoms with Crippen molar-refractivity contribution in [3.8, 4) is 0 Å². The van der Waals surface area contributed by atoms with E-state index < -0.39 is 10.1 Å². The molecule has 1 rings (SSSR count). The second-order valence-electron chi connectivity index (χ2n) is 9.29. The van der Waals surface area contributed by atoms with Gasteiger partial charge in [0, 0.05) is 0 Å². The molecule has 1 aromatic rings. The molecule has 0 amide bonds. The Labute approximate surface area is 257 Å². The highest BCUT2D eigenvalue weighted by Gasteiger charge is 2.17. The van der Waals surface area contributed by atoms with Crippen LogP contribution in [-0.2, 0) is 57.0 Å². The molecule has 0 saturated carbocycles. The van der Waals surface area contributed by atoms with Crippen LogP contribution in [0, 0.1) is 5.92 Å². The van der Waals surface area contributed by atoms with E-state index in [1.165, 1.54) is 12.1 Å². The van der Waals surface area contributed by atoms with Gasteiger partial charge in [-0.2, -0.15) is 8.42 Å². The standard InChI is InChI=1S/C30H52O12S/c1-3-5-9-28(4-2)30(31)41-26-24-39-22-20-37-18-16-35-14-12-34-13-15-36-17-19-38-21-23-40-25-27-42-43(32,33)29-10-7-6-8-11-29/h6-8,10-11,28H,3-5,9,12-27H2,1-2H3. The molecule has 0 aliphatic rings. The zero-order valence-electron chi connectivity index (χ0n) is 25.9. The van der Waals surface area contributed by atoms with Crippen molar-refractivity contribution in [1.29, 1.82) is 0 Å². The summed E-state index contributed by atoms with van der Waals surface area (Å²) in [5, 5.41) is 0. The van der Waals surface area contributed by atoms with E-state index in [-0.39, 0.29) is 36.6 Å². The molecule has 0 spiro atoms. The van der Waals surface area contributed by atoms with Gasteiger partial charge in [0.2, 0.25) is 0 Å². The fourth-order valence-electron chi connectivity index (χ4n) is 3.54. The predicted octanol–water partition coefficient (Wildman–Crippen LogP) is 3.27. The minimum Gasteiger partial charge on any atom is -0.463 e. The average Bonchev–Trinajstić information content (AvgIpc) is 3.01. The van der Waals surface area contributed by atoms with E-state index >= 15 is 0 Å². The molecule has 0 N–H and O–H groups in total. The molecule has 250 valence electrons. The van der Waals surface area contributed by atoms with Gasteiger partial charge < -0.3 is 37.9 Å². The zero-order chi connectivity index (χ0) is 31.3. The number of benzene rings is 1. The second kappa shape index (κ2) is 27.8. The molecule has 0 heterocycles. The summed E-state index contributed by atoms with van der Waals surface area (Å²) >= 11 is 0. The van der Waals surface area contributed by atoms with Gasteiger partial charge in [-0.3, -0.25) is 8.98 Å². The Morgan fingerprint density at radius 1 is 0.605 bits per heavy atom. The molecule has 0 aromatic heterocycles. The van der Waals surface area contributed by atoms with E-state index in [0.29, 0.717) is 85.9 Å². The maximum atomic E-state index is 12.0. The van der Waals surface area contributed by atoms with Crippen molar-refractivity contribution in [2.24, 2.45) is 5.92 Å². The zero-order valence-corrected chi connectivity index (χ0v) is 26.7. The fraction of sp³-hybridized carbons (Fsp3) is 0.767. The third-order valence-electron chi connectivity index (χ3n) is 5.93.